The third-order valence-corrected chi connectivity index (χ3v) is 5.73. The van der Waals surface area contributed by atoms with Crippen molar-refractivity contribution in [3.05, 3.63) is 29.0 Å². The van der Waals surface area contributed by atoms with Gasteiger partial charge in [0.1, 0.15) is 4.21 Å². The van der Waals surface area contributed by atoms with Crippen LogP contribution in [0.25, 0.3) is 0 Å². The van der Waals surface area contributed by atoms with Crippen molar-refractivity contribution < 1.29 is 22.4 Å². The smallest absolute Gasteiger partial charge is 0.376 e. The molecule has 21 heavy (non-hydrogen) atoms. The molecule has 0 unspecified atom stereocenters. The molecule has 2 aromatic rings. The second kappa shape index (κ2) is 5.86. The van der Waals surface area contributed by atoms with Crippen molar-refractivity contribution in [1.29, 1.82) is 0 Å². The first-order valence-corrected chi connectivity index (χ1v) is 8.37. The number of hydrogen-bond donors (Lipinski definition) is 0. The van der Waals surface area contributed by atoms with Gasteiger partial charge in [0, 0.05) is 7.05 Å². The van der Waals surface area contributed by atoms with Gasteiger partial charge in [-0.15, -0.1) is 11.3 Å². The summed E-state index contributed by atoms with van der Waals surface area (Å²) in [5.41, 5.74) is 0.275. The lowest BCUT2D eigenvalue weighted by molar-refractivity contribution is 0.0490. The predicted molar refractivity (Wildman–Crippen MR) is 77.1 cm³/mol. The number of ether oxygens (including phenoxy) is 1. The summed E-state index contributed by atoms with van der Waals surface area (Å²) in [6.45, 7) is 3.40. The maximum absolute atomic E-state index is 12.3. The Balaban J connectivity index is 2.35. The van der Waals surface area contributed by atoms with Crippen LogP contribution in [0.15, 0.2) is 26.1 Å². The molecule has 114 valence electrons. The van der Waals surface area contributed by atoms with Crippen LogP contribution in [-0.2, 0) is 14.8 Å². The van der Waals surface area contributed by atoms with Crippen molar-refractivity contribution in [2.24, 2.45) is 0 Å². The minimum atomic E-state index is -3.75. The van der Waals surface area contributed by atoms with Gasteiger partial charge in [0.2, 0.25) is 5.76 Å². The number of carbonyl (C=O) groups excluding carboxylic acids is 1. The molecule has 2 heterocycles. The van der Waals surface area contributed by atoms with Crippen LogP contribution < -0.4 is 4.31 Å². The molecule has 0 amide bonds. The van der Waals surface area contributed by atoms with Crippen LogP contribution in [0.4, 0.5) is 6.01 Å². The molecule has 0 spiro atoms. The summed E-state index contributed by atoms with van der Waals surface area (Å²) in [7, 11) is -2.43. The lowest BCUT2D eigenvalue weighted by atomic mass is 10.4. The quantitative estimate of drug-likeness (QED) is 0.779. The van der Waals surface area contributed by atoms with E-state index in [4.69, 9.17) is 9.15 Å². The Bertz CT molecular complexity index is 734. The summed E-state index contributed by atoms with van der Waals surface area (Å²) in [5, 5.41) is 1.66. The zero-order chi connectivity index (χ0) is 15.6. The fourth-order valence-electron chi connectivity index (χ4n) is 1.55. The van der Waals surface area contributed by atoms with Crippen molar-refractivity contribution in [2.75, 3.05) is 18.0 Å². The number of esters is 1. The maximum Gasteiger partial charge on any atom is 0.376 e. The first-order valence-electron chi connectivity index (χ1n) is 6.05. The summed E-state index contributed by atoms with van der Waals surface area (Å²) < 4.78 is 35.8. The van der Waals surface area contributed by atoms with Gasteiger partial charge in [0.15, 0.2) is 0 Å². The van der Waals surface area contributed by atoms with E-state index in [0.29, 0.717) is 0 Å². The molecule has 0 radical (unpaired) electrons. The molecule has 0 aromatic carbocycles. The van der Waals surface area contributed by atoms with Gasteiger partial charge in [-0.25, -0.2) is 17.5 Å². The molecule has 7 nitrogen and oxygen atoms in total. The third-order valence-electron chi connectivity index (χ3n) is 2.63. The van der Waals surface area contributed by atoms with Gasteiger partial charge in [-0.2, -0.15) is 4.98 Å². The van der Waals surface area contributed by atoms with Gasteiger partial charge < -0.3 is 9.15 Å². The lowest BCUT2D eigenvalue weighted by Crippen LogP contribution is -2.26. The van der Waals surface area contributed by atoms with E-state index in [1.807, 2.05) is 0 Å². The highest BCUT2D eigenvalue weighted by atomic mass is 32.2. The highest BCUT2D eigenvalue weighted by molar-refractivity contribution is 7.94. The fourth-order valence-corrected chi connectivity index (χ4v) is 3.79. The minimum absolute atomic E-state index is 0.0971. The first kappa shape index (κ1) is 15.5. The zero-order valence-electron chi connectivity index (χ0n) is 11.7. The van der Waals surface area contributed by atoms with Crippen molar-refractivity contribution in [1.82, 2.24) is 4.98 Å². The molecule has 2 aromatic heterocycles. The monoisotopic (exact) mass is 330 g/mol. The summed E-state index contributed by atoms with van der Waals surface area (Å²) in [6, 6.07) is 2.94. The van der Waals surface area contributed by atoms with Crippen LogP contribution in [0.3, 0.4) is 0 Å². The van der Waals surface area contributed by atoms with Crippen molar-refractivity contribution >= 4 is 33.3 Å². The fraction of sp³-hybridized carbons (Fsp3) is 0.333. The minimum Gasteiger partial charge on any atom is -0.460 e. The van der Waals surface area contributed by atoms with Crippen molar-refractivity contribution in [3.63, 3.8) is 0 Å². The van der Waals surface area contributed by atoms with Crippen LogP contribution in [0.1, 0.15) is 23.2 Å². The predicted octanol–water partition coefficient (Wildman–Crippen LogP) is 2.05. The number of carbonyl (C=O) groups is 1. The standard InChI is InChI=1S/C12H14N2O5S2/c1-4-18-11(15)10-8(2)13-12(19-10)14(3)21(16,17)9-6-5-7-20-9/h5-7H,4H2,1-3H3. The number of aryl methyl sites for hydroxylation is 1. The molecule has 0 fully saturated rings. The summed E-state index contributed by atoms with van der Waals surface area (Å²) in [6.07, 6.45) is 0. The van der Waals surface area contributed by atoms with Crippen LogP contribution >= 0.6 is 11.3 Å². The molecule has 2 rings (SSSR count). The Labute approximate surface area is 126 Å². The molecule has 0 bridgehead atoms. The summed E-state index contributed by atoms with van der Waals surface area (Å²) in [4.78, 5) is 15.6. The number of oxazole rings is 1. The number of nitrogens with zero attached hydrogens (tertiary/aromatic N) is 2. The first-order chi connectivity index (χ1) is 9.87. The van der Waals surface area contributed by atoms with Crippen molar-refractivity contribution in [3.8, 4) is 0 Å². The average molecular weight is 330 g/mol. The molecular weight excluding hydrogens is 316 g/mol. The Kier molecular flexibility index (Phi) is 4.33. The van der Waals surface area contributed by atoms with Crippen LogP contribution in [0.2, 0.25) is 0 Å². The highest BCUT2D eigenvalue weighted by Gasteiger charge is 2.28. The van der Waals surface area contributed by atoms with Gasteiger partial charge >= 0.3 is 12.0 Å². The second-order valence-electron chi connectivity index (χ2n) is 4.04. The Hall–Kier alpha value is -1.87. The number of thiophene rings is 1. The van der Waals surface area contributed by atoms with Gasteiger partial charge in [-0.05, 0) is 25.3 Å². The largest absolute Gasteiger partial charge is 0.460 e. The number of sulfonamides is 1. The maximum atomic E-state index is 12.3. The van der Waals surface area contributed by atoms with E-state index in [2.05, 4.69) is 4.98 Å². The lowest BCUT2D eigenvalue weighted by Gasteiger charge is -2.13. The van der Waals surface area contributed by atoms with E-state index in [1.54, 1.807) is 25.3 Å². The van der Waals surface area contributed by atoms with Gasteiger partial charge in [0.05, 0.1) is 12.3 Å². The molecule has 9 heteroatoms. The second-order valence-corrected chi connectivity index (χ2v) is 7.18. The van der Waals surface area contributed by atoms with E-state index in [0.717, 1.165) is 15.6 Å². The molecular formula is C12H14N2O5S2. The molecule has 0 aliphatic rings. The SMILES string of the molecule is CCOC(=O)c1oc(N(C)S(=O)(=O)c2cccs2)nc1C. The molecule has 0 atom stereocenters. The Morgan fingerprint density at radius 1 is 1.52 bits per heavy atom. The summed E-state index contributed by atoms with van der Waals surface area (Å²) in [5.74, 6) is -0.768. The number of hydrogen-bond acceptors (Lipinski definition) is 7. The molecule has 0 aliphatic carbocycles. The Morgan fingerprint density at radius 2 is 2.24 bits per heavy atom. The van der Waals surface area contributed by atoms with Gasteiger partial charge in [0.25, 0.3) is 10.0 Å². The highest BCUT2D eigenvalue weighted by Crippen LogP contribution is 2.26. The molecule has 0 aliphatic heterocycles. The molecule has 0 saturated carbocycles. The Morgan fingerprint density at radius 3 is 2.81 bits per heavy atom. The van der Waals surface area contributed by atoms with E-state index in [9.17, 15) is 13.2 Å². The van der Waals surface area contributed by atoms with E-state index in [1.165, 1.54) is 13.1 Å². The van der Waals surface area contributed by atoms with Crippen molar-refractivity contribution in [2.45, 2.75) is 18.1 Å². The van der Waals surface area contributed by atoms with Gasteiger partial charge in [-0.3, -0.25) is 0 Å². The van der Waals surface area contributed by atoms with E-state index < -0.39 is 16.0 Å². The topological polar surface area (TPSA) is 89.7 Å². The number of aromatic nitrogens is 1. The van der Waals surface area contributed by atoms with E-state index >= 15 is 0 Å². The average Bonchev–Trinajstić information content (AvgIpc) is 3.07. The van der Waals surface area contributed by atoms with E-state index in [-0.39, 0.29) is 28.3 Å². The van der Waals surface area contributed by atoms with Crippen LogP contribution in [0, 0.1) is 6.92 Å². The van der Waals surface area contributed by atoms with Gasteiger partial charge in [-0.1, -0.05) is 6.07 Å². The third kappa shape index (κ3) is 2.93. The normalized spacial score (nSPS) is 11.4. The number of rotatable bonds is 5. The van der Waals surface area contributed by atoms with Crippen LogP contribution in [0.5, 0.6) is 0 Å². The van der Waals surface area contributed by atoms with Crippen LogP contribution in [-0.4, -0.2) is 33.0 Å². The number of anilines is 1. The zero-order valence-corrected chi connectivity index (χ0v) is 13.3. The summed E-state index contributed by atoms with van der Waals surface area (Å²) >= 11 is 1.09. The molecule has 0 N–H and O–H groups in total. The molecule has 0 saturated heterocycles.